The van der Waals surface area contributed by atoms with Gasteiger partial charge in [-0.15, -0.1) is 0 Å². The number of nitrogens with zero attached hydrogens (tertiary/aromatic N) is 5. The van der Waals surface area contributed by atoms with Crippen LogP contribution in [0.4, 0.5) is 10.1 Å². The summed E-state index contributed by atoms with van der Waals surface area (Å²) >= 11 is 0. The fraction of sp³-hybridized carbons (Fsp3) is 0.120. The topological polar surface area (TPSA) is 138 Å². The molecule has 0 saturated heterocycles. The van der Waals surface area contributed by atoms with Crippen LogP contribution in [0.1, 0.15) is 12.8 Å². The van der Waals surface area contributed by atoms with E-state index in [1.165, 1.54) is 18.6 Å². The Bertz CT molecular complexity index is 1770. The minimum absolute atomic E-state index is 0.0430. The number of halogens is 1. The zero-order valence-corrected chi connectivity index (χ0v) is 18.6. The van der Waals surface area contributed by atoms with Crippen LogP contribution in [-0.2, 0) is 4.79 Å². The van der Waals surface area contributed by atoms with Crippen molar-refractivity contribution in [3.8, 4) is 34.0 Å². The molecule has 0 spiro atoms. The molecule has 1 saturated carbocycles. The van der Waals surface area contributed by atoms with Crippen molar-refractivity contribution in [1.82, 2.24) is 35.1 Å². The average molecular weight is 480 g/mol. The minimum Gasteiger partial charge on any atom is -0.472 e. The zero-order valence-electron chi connectivity index (χ0n) is 18.6. The van der Waals surface area contributed by atoms with E-state index in [1.54, 1.807) is 36.9 Å². The van der Waals surface area contributed by atoms with Gasteiger partial charge in [-0.2, -0.15) is 5.10 Å². The molecule has 6 heterocycles. The number of imidazole rings is 1. The van der Waals surface area contributed by atoms with E-state index in [2.05, 4.69) is 40.4 Å². The molecule has 7 rings (SSSR count). The Morgan fingerprint density at radius 1 is 1.06 bits per heavy atom. The quantitative estimate of drug-likeness (QED) is 0.325. The van der Waals surface area contributed by atoms with Crippen LogP contribution < -0.4 is 5.32 Å². The maximum atomic E-state index is 15.9. The molecule has 3 N–H and O–H groups in total. The number of nitrogens with one attached hydrogen (secondary N) is 3. The molecule has 0 unspecified atom stereocenters. The Morgan fingerprint density at radius 3 is 2.81 bits per heavy atom. The highest BCUT2D eigenvalue weighted by Gasteiger charge is 2.29. The molecule has 0 aromatic carbocycles. The standard InChI is InChI=1S/C25H17FN8O2/c26-19-18-17(10-29-20(19)14-7-15(9-27-8-14)30-25(35)12-1-2-12)33-34-23(18)24-31-16-3-5-28-21(22(16)32-24)13-4-6-36-11-13/h3-12H,1-2H2,(H,30,35)(H,31,32)(H,33,34). The van der Waals surface area contributed by atoms with Gasteiger partial charge in [-0.1, -0.05) is 0 Å². The van der Waals surface area contributed by atoms with Crippen molar-refractivity contribution >= 4 is 33.5 Å². The number of rotatable bonds is 5. The third kappa shape index (κ3) is 3.32. The number of carbonyl (C=O) groups excluding carboxylic acids is 1. The van der Waals surface area contributed by atoms with Gasteiger partial charge in [-0.3, -0.25) is 24.8 Å². The summed E-state index contributed by atoms with van der Waals surface area (Å²) in [6.45, 7) is 0. The fourth-order valence-corrected chi connectivity index (χ4v) is 4.23. The number of anilines is 1. The fourth-order valence-electron chi connectivity index (χ4n) is 4.23. The largest absolute Gasteiger partial charge is 0.472 e. The molecule has 0 atom stereocenters. The van der Waals surface area contributed by atoms with Crippen molar-refractivity contribution in [1.29, 1.82) is 0 Å². The summed E-state index contributed by atoms with van der Waals surface area (Å²) in [6, 6.07) is 5.25. The molecule has 0 bridgehead atoms. The highest BCUT2D eigenvalue weighted by molar-refractivity contribution is 5.98. The van der Waals surface area contributed by atoms with E-state index in [1.807, 2.05) is 0 Å². The Kier molecular flexibility index (Phi) is 4.43. The highest BCUT2D eigenvalue weighted by Crippen LogP contribution is 2.35. The minimum atomic E-state index is -0.572. The summed E-state index contributed by atoms with van der Waals surface area (Å²) < 4.78 is 21.1. The van der Waals surface area contributed by atoms with E-state index in [4.69, 9.17) is 4.42 Å². The molecule has 0 radical (unpaired) electrons. The summed E-state index contributed by atoms with van der Waals surface area (Å²) in [7, 11) is 0. The monoisotopic (exact) mass is 480 g/mol. The van der Waals surface area contributed by atoms with Gasteiger partial charge >= 0.3 is 0 Å². The lowest BCUT2D eigenvalue weighted by Crippen LogP contribution is -2.13. The Hall–Kier alpha value is -4.93. The molecule has 1 aliphatic carbocycles. The molecule has 36 heavy (non-hydrogen) atoms. The van der Waals surface area contributed by atoms with Gasteiger partial charge in [0.1, 0.15) is 22.6 Å². The predicted molar refractivity (Wildman–Crippen MR) is 129 cm³/mol. The van der Waals surface area contributed by atoms with Gasteiger partial charge in [0.15, 0.2) is 11.6 Å². The van der Waals surface area contributed by atoms with E-state index < -0.39 is 5.82 Å². The number of pyridine rings is 3. The summed E-state index contributed by atoms with van der Waals surface area (Å²) in [4.78, 5) is 32.9. The first kappa shape index (κ1) is 20.4. The Balaban J connectivity index is 1.32. The van der Waals surface area contributed by atoms with Crippen LogP contribution in [0.2, 0.25) is 0 Å². The number of carbonyl (C=O) groups is 1. The van der Waals surface area contributed by atoms with Crippen molar-refractivity contribution in [3.05, 3.63) is 61.3 Å². The lowest BCUT2D eigenvalue weighted by Gasteiger charge is -2.07. The Morgan fingerprint density at radius 2 is 1.97 bits per heavy atom. The molecule has 6 aromatic heterocycles. The molecular weight excluding hydrogens is 463 g/mol. The van der Waals surface area contributed by atoms with Gasteiger partial charge in [0, 0.05) is 29.4 Å². The number of hydrogen-bond acceptors (Lipinski definition) is 7. The average Bonchev–Trinajstić information content (AvgIpc) is 3.27. The van der Waals surface area contributed by atoms with Crippen molar-refractivity contribution in [2.75, 3.05) is 5.32 Å². The molecule has 1 fully saturated rings. The van der Waals surface area contributed by atoms with E-state index >= 15 is 4.39 Å². The SMILES string of the molecule is O=C(Nc1cncc(-c2ncc3[nH]nc(-c4nc5c(-c6ccoc6)nccc5[nH]4)c3c2F)c1)C1CC1. The molecule has 1 aliphatic rings. The van der Waals surface area contributed by atoms with Crippen molar-refractivity contribution < 1.29 is 13.6 Å². The summed E-state index contributed by atoms with van der Waals surface area (Å²) in [5, 5.41) is 10.2. The van der Waals surface area contributed by atoms with Crippen LogP contribution in [0.15, 0.2) is 59.9 Å². The lowest BCUT2D eigenvalue weighted by atomic mass is 10.1. The van der Waals surface area contributed by atoms with Crippen LogP contribution in [0.25, 0.3) is 56.0 Å². The smallest absolute Gasteiger partial charge is 0.227 e. The van der Waals surface area contributed by atoms with Crippen LogP contribution >= 0.6 is 0 Å². The molecule has 10 nitrogen and oxygen atoms in total. The third-order valence-corrected chi connectivity index (χ3v) is 6.19. The highest BCUT2D eigenvalue weighted by atomic mass is 19.1. The first-order valence-corrected chi connectivity index (χ1v) is 11.3. The van der Waals surface area contributed by atoms with Gasteiger partial charge in [0.05, 0.1) is 47.0 Å². The van der Waals surface area contributed by atoms with E-state index in [9.17, 15) is 4.79 Å². The third-order valence-electron chi connectivity index (χ3n) is 6.19. The van der Waals surface area contributed by atoms with Gasteiger partial charge in [0.25, 0.3) is 0 Å². The molecule has 1 amide bonds. The van der Waals surface area contributed by atoms with Gasteiger partial charge < -0.3 is 14.7 Å². The number of aromatic nitrogens is 7. The second-order valence-corrected chi connectivity index (χ2v) is 8.66. The number of aromatic amines is 2. The first-order valence-electron chi connectivity index (χ1n) is 11.3. The van der Waals surface area contributed by atoms with Crippen molar-refractivity contribution in [2.45, 2.75) is 12.8 Å². The van der Waals surface area contributed by atoms with Crippen molar-refractivity contribution in [2.24, 2.45) is 5.92 Å². The number of amides is 1. The predicted octanol–water partition coefficient (Wildman–Crippen LogP) is 4.71. The molecule has 6 aromatic rings. The van der Waals surface area contributed by atoms with E-state index in [0.29, 0.717) is 39.5 Å². The van der Waals surface area contributed by atoms with Gasteiger partial charge in [0.2, 0.25) is 5.91 Å². The molecule has 11 heteroatoms. The van der Waals surface area contributed by atoms with Crippen LogP contribution in [0, 0.1) is 11.7 Å². The Labute approximate surface area is 202 Å². The summed E-state index contributed by atoms with van der Waals surface area (Å²) in [5.74, 6) is -0.198. The summed E-state index contributed by atoms with van der Waals surface area (Å²) in [6.07, 6.45) is 11.1. The second kappa shape index (κ2) is 7.80. The maximum Gasteiger partial charge on any atom is 0.227 e. The van der Waals surface area contributed by atoms with Gasteiger partial charge in [-0.25, -0.2) is 9.37 Å². The molecule has 0 aliphatic heterocycles. The molecular formula is C25H17FN8O2. The van der Waals surface area contributed by atoms with E-state index in [0.717, 1.165) is 23.9 Å². The number of hydrogen-bond donors (Lipinski definition) is 3. The maximum absolute atomic E-state index is 15.9. The summed E-state index contributed by atoms with van der Waals surface area (Å²) in [5.41, 5.74) is 4.52. The second-order valence-electron chi connectivity index (χ2n) is 8.66. The van der Waals surface area contributed by atoms with E-state index in [-0.39, 0.29) is 22.9 Å². The molecule has 176 valence electrons. The first-order chi connectivity index (χ1) is 17.7. The van der Waals surface area contributed by atoms with Crippen LogP contribution in [-0.4, -0.2) is 41.0 Å². The number of fused-ring (bicyclic) bond motifs is 2. The normalized spacial score (nSPS) is 13.5. The number of H-pyrrole nitrogens is 2. The zero-order chi connectivity index (χ0) is 24.2. The van der Waals surface area contributed by atoms with Crippen LogP contribution in [0.3, 0.4) is 0 Å². The van der Waals surface area contributed by atoms with Crippen LogP contribution in [0.5, 0.6) is 0 Å². The lowest BCUT2D eigenvalue weighted by molar-refractivity contribution is -0.117. The van der Waals surface area contributed by atoms with Crippen molar-refractivity contribution in [3.63, 3.8) is 0 Å². The number of furan rings is 1. The van der Waals surface area contributed by atoms with Gasteiger partial charge in [-0.05, 0) is 31.0 Å².